The molecule has 1 heterocycles. The van der Waals surface area contributed by atoms with Gasteiger partial charge >= 0.3 is 0 Å². The fourth-order valence-corrected chi connectivity index (χ4v) is 3.04. The molecule has 0 atom stereocenters. The molecular weight excluding hydrogens is 414 g/mol. The van der Waals surface area contributed by atoms with E-state index in [2.05, 4.69) is 15.3 Å². The Hall–Kier alpha value is -3.77. The van der Waals surface area contributed by atoms with E-state index < -0.39 is 0 Å². The van der Waals surface area contributed by atoms with Crippen LogP contribution in [0.3, 0.4) is 0 Å². The molecule has 0 aliphatic carbocycles. The van der Waals surface area contributed by atoms with Gasteiger partial charge in [0.25, 0.3) is 5.91 Å². The van der Waals surface area contributed by atoms with Crippen LogP contribution in [-0.4, -0.2) is 30.1 Å². The van der Waals surface area contributed by atoms with E-state index in [1.807, 2.05) is 48.5 Å². The van der Waals surface area contributed by atoms with E-state index >= 15 is 0 Å². The lowest BCUT2D eigenvalue weighted by atomic mass is 10.1. The number of halogens is 1. The zero-order chi connectivity index (χ0) is 20.9. The molecule has 3 aromatic carbocycles. The molecule has 0 saturated carbocycles. The van der Waals surface area contributed by atoms with Gasteiger partial charge in [-0.25, -0.2) is 4.98 Å². The first kappa shape index (κ1) is 21.9. The van der Waals surface area contributed by atoms with Crippen LogP contribution in [-0.2, 0) is 0 Å². The van der Waals surface area contributed by atoms with Crippen LogP contribution in [0.2, 0.25) is 0 Å². The van der Waals surface area contributed by atoms with E-state index in [1.54, 1.807) is 44.7 Å². The molecular formula is C24H22ClN3O3. The number of hydrogen-bond acceptors (Lipinski definition) is 4. The van der Waals surface area contributed by atoms with Crippen molar-refractivity contribution in [2.24, 2.45) is 0 Å². The maximum Gasteiger partial charge on any atom is 0.255 e. The van der Waals surface area contributed by atoms with Crippen LogP contribution in [0.25, 0.3) is 22.6 Å². The third-order valence-electron chi connectivity index (χ3n) is 4.75. The van der Waals surface area contributed by atoms with Gasteiger partial charge in [-0.2, -0.15) is 0 Å². The average Bonchev–Trinajstić information content (AvgIpc) is 3.30. The molecule has 7 heteroatoms. The molecule has 4 aromatic rings. The Morgan fingerprint density at radius 1 is 0.806 bits per heavy atom. The second kappa shape index (κ2) is 9.82. The number of imidazole rings is 1. The highest BCUT2D eigenvalue weighted by Gasteiger charge is 2.08. The molecule has 0 bridgehead atoms. The van der Waals surface area contributed by atoms with E-state index in [0.29, 0.717) is 11.3 Å². The second-order valence-electron chi connectivity index (χ2n) is 6.63. The summed E-state index contributed by atoms with van der Waals surface area (Å²) in [6.07, 6.45) is 1.80. The highest BCUT2D eigenvalue weighted by atomic mass is 35.5. The largest absolute Gasteiger partial charge is 0.497 e. The summed E-state index contributed by atoms with van der Waals surface area (Å²) in [6, 6.07) is 22.3. The third-order valence-corrected chi connectivity index (χ3v) is 4.75. The van der Waals surface area contributed by atoms with E-state index in [1.165, 1.54) is 0 Å². The molecule has 1 amide bonds. The lowest BCUT2D eigenvalue weighted by molar-refractivity contribution is 0.102. The average molecular weight is 436 g/mol. The molecule has 158 valence electrons. The molecule has 0 unspecified atom stereocenters. The van der Waals surface area contributed by atoms with Gasteiger partial charge in [0.2, 0.25) is 0 Å². The van der Waals surface area contributed by atoms with Crippen LogP contribution in [0.5, 0.6) is 11.5 Å². The summed E-state index contributed by atoms with van der Waals surface area (Å²) < 4.78 is 10.3. The number of aromatic nitrogens is 2. The van der Waals surface area contributed by atoms with Gasteiger partial charge in [0.05, 0.1) is 26.1 Å². The lowest BCUT2D eigenvalue weighted by Crippen LogP contribution is -2.11. The molecule has 6 nitrogen and oxygen atoms in total. The number of nitrogens with zero attached hydrogens (tertiary/aromatic N) is 1. The second-order valence-corrected chi connectivity index (χ2v) is 6.63. The molecule has 0 aliphatic rings. The normalized spacial score (nSPS) is 10.1. The molecule has 31 heavy (non-hydrogen) atoms. The van der Waals surface area contributed by atoms with Crippen LogP contribution in [0, 0.1) is 0 Å². The van der Waals surface area contributed by atoms with E-state index in [4.69, 9.17) is 9.47 Å². The minimum Gasteiger partial charge on any atom is -0.497 e. The third kappa shape index (κ3) is 5.05. The number of nitrogens with one attached hydrogen (secondary N) is 2. The number of carbonyl (C=O) groups is 1. The molecule has 2 N–H and O–H groups in total. The quantitative estimate of drug-likeness (QED) is 0.423. The summed E-state index contributed by atoms with van der Waals surface area (Å²) in [5.41, 5.74) is 4.14. The molecule has 0 radical (unpaired) electrons. The fourth-order valence-electron chi connectivity index (χ4n) is 3.04. The van der Waals surface area contributed by atoms with Crippen molar-refractivity contribution in [2.45, 2.75) is 0 Å². The molecule has 0 saturated heterocycles. The number of H-pyrrole nitrogens is 1. The summed E-state index contributed by atoms with van der Waals surface area (Å²) >= 11 is 0. The Kier molecular flexibility index (Phi) is 6.95. The molecule has 0 spiro atoms. The number of ether oxygens (including phenoxy) is 2. The van der Waals surface area contributed by atoms with Crippen molar-refractivity contribution in [1.82, 2.24) is 9.97 Å². The topological polar surface area (TPSA) is 76.2 Å². The maximum atomic E-state index is 12.4. The monoisotopic (exact) mass is 435 g/mol. The van der Waals surface area contributed by atoms with Gasteiger partial charge in [-0.3, -0.25) is 4.79 Å². The van der Waals surface area contributed by atoms with Gasteiger partial charge in [0.15, 0.2) is 0 Å². The van der Waals surface area contributed by atoms with Crippen molar-refractivity contribution in [3.8, 4) is 34.1 Å². The summed E-state index contributed by atoms with van der Waals surface area (Å²) in [6.45, 7) is 0. The summed E-state index contributed by atoms with van der Waals surface area (Å²) in [5.74, 6) is 2.13. The molecule has 4 rings (SSSR count). The van der Waals surface area contributed by atoms with Crippen molar-refractivity contribution in [3.05, 3.63) is 84.6 Å². The van der Waals surface area contributed by atoms with Crippen LogP contribution >= 0.6 is 12.4 Å². The number of aromatic amines is 1. The number of rotatable bonds is 6. The standard InChI is InChI=1S/C24H21N3O3.ClH/c1-29-20-11-5-17(6-12-20)23-25-15-22(27-23)16-3-9-19(10-4-16)26-24(28)18-7-13-21(30-2)14-8-18;/h3-15H,1-2H3,(H,25,27)(H,26,28);1H. The highest BCUT2D eigenvalue weighted by molar-refractivity contribution is 6.04. The molecule has 0 fully saturated rings. The first-order valence-corrected chi connectivity index (χ1v) is 9.41. The first-order chi connectivity index (χ1) is 14.7. The van der Waals surface area contributed by atoms with Gasteiger partial charge in [0, 0.05) is 16.8 Å². The number of benzene rings is 3. The van der Waals surface area contributed by atoms with Crippen molar-refractivity contribution >= 4 is 24.0 Å². The zero-order valence-corrected chi connectivity index (χ0v) is 17.9. The predicted molar refractivity (Wildman–Crippen MR) is 124 cm³/mol. The number of amides is 1. The van der Waals surface area contributed by atoms with Crippen molar-refractivity contribution < 1.29 is 14.3 Å². The lowest BCUT2D eigenvalue weighted by Gasteiger charge is -2.07. The number of hydrogen-bond donors (Lipinski definition) is 2. The summed E-state index contributed by atoms with van der Waals surface area (Å²) in [5, 5.41) is 2.90. The highest BCUT2D eigenvalue weighted by Crippen LogP contribution is 2.25. The van der Waals surface area contributed by atoms with Crippen LogP contribution in [0.1, 0.15) is 10.4 Å². The minimum absolute atomic E-state index is 0. The Morgan fingerprint density at radius 3 is 1.94 bits per heavy atom. The van der Waals surface area contributed by atoms with Gasteiger partial charge in [-0.05, 0) is 66.2 Å². The van der Waals surface area contributed by atoms with E-state index in [0.717, 1.165) is 34.1 Å². The maximum absolute atomic E-state index is 12.4. The predicted octanol–water partition coefficient (Wildman–Crippen LogP) is 5.44. The van der Waals surface area contributed by atoms with Crippen molar-refractivity contribution in [1.29, 1.82) is 0 Å². The van der Waals surface area contributed by atoms with Crippen LogP contribution in [0.4, 0.5) is 5.69 Å². The van der Waals surface area contributed by atoms with E-state index in [9.17, 15) is 4.79 Å². The summed E-state index contributed by atoms with van der Waals surface area (Å²) in [4.78, 5) is 20.2. The van der Waals surface area contributed by atoms with Gasteiger partial charge in [-0.1, -0.05) is 12.1 Å². The van der Waals surface area contributed by atoms with Gasteiger partial charge < -0.3 is 19.8 Å². The number of anilines is 1. The van der Waals surface area contributed by atoms with Crippen molar-refractivity contribution in [3.63, 3.8) is 0 Å². The fraction of sp³-hybridized carbons (Fsp3) is 0.0833. The summed E-state index contributed by atoms with van der Waals surface area (Å²) in [7, 11) is 3.24. The first-order valence-electron chi connectivity index (χ1n) is 9.41. The molecule has 0 aliphatic heterocycles. The Balaban J connectivity index is 0.00000272. The SMILES string of the molecule is COc1ccc(C(=O)Nc2ccc(-c3cnc(-c4ccc(OC)cc4)[nH]3)cc2)cc1.Cl. The van der Waals surface area contributed by atoms with Gasteiger partial charge in [-0.15, -0.1) is 12.4 Å². The minimum atomic E-state index is -0.172. The van der Waals surface area contributed by atoms with Crippen LogP contribution < -0.4 is 14.8 Å². The Morgan fingerprint density at radius 2 is 1.35 bits per heavy atom. The van der Waals surface area contributed by atoms with Crippen LogP contribution in [0.15, 0.2) is 79.0 Å². The zero-order valence-electron chi connectivity index (χ0n) is 17.1. The Bertz CT molecular complexity index is 1140. The Labute approximate surface area is 186 Å². The van der Waals surface area contributed by atoms with E-state index in [-0.39, 0.29) is 18.3 Å². The smallest absolute Gasteiger partial charge is 0.255 e. The molecule has 1 aromatic heterocycles. The number of carbonyl (C=O) groups excluding carboxylic acids is 1. The van der Waals surface area contributed by atoms with Gasteiger partial charge in [0.1, 0.15) is 17.3 Å². The number of methoxy groups -OCH3 is 2. The van der Waals surface area contributed by atoms with Crippen molar-refractivity contribution in [2.75, 3.05) is 19.5 Å².